The fourth-order valence-electron chi connectivity index (χ4n) is 10.8. The molecule has 91 heavy (non-hydrogen) atoms. The van der Waals surface area contributed by atoms with Gasteiger partial charge >= 0.3 is 39.5 Å². The molecule has 540 valence electrons. The van der Waals surface area contributed by atoms with Crippen LogP contribution < -0.4 is 0 Å². The van der Waals surface area contributed by atoms with Gasteiger partial charge in [0.1, 0.15) is 19.3 Å². The maximum atomic E-state index is 13.0. The van der Waals surface area contributed by atoms with Crippen LogP contribution in [0.15, 0.2) is 0 Å². The summed E-state index contributed by atoms with van der Waals surface area (Å²) in [6, 6.07) is 0. The average molecular weight is 1340 g/mol. The summed E-state index contributed by atoms with van der Waals surface area (Å²) in [5.41, 5.74) is 0. The summed E-state index contributed by atoms with van der Waals surface area (Å²) in [7, 11) is -9.90. The molecule has 0 aromatic carbocycles. The Kier molecular flexibility index (Phi) is 61.5. The zero-order chi connectivity index (χ0) is 67.3. The Hall–Kier alpha value is -1.94. The fraction of sp³-hybridized carbons (Fsp3) is 0.944. The highest BCUT2D eigenvalue weighted by atomic mass is 31.2. The Morgan fingerprint density at radius 3 is 0.835 bits per heavy atom. The van der Waals surface area contributed by atoms with E-state index in [1.165, 1.54) is 167 Å². The van der Waals surface area contributed by atoms with E-state index in [0.29, 0.717) is 31.6 Å². The third-order valence-corrected chi connectivity index (χ3v) is 19.3. The third-order valence-electron chi connectivity index (χ3n) is 17.4. The highest BCUT2D eigenvalue weighted by Crippen LogP contribution is 2.45. The molecular formula is C72H140O17P2. The first kappa shape index (κ1) is 89.1. The lowest BCUT2D eigenvalue weighted by Crippen LogP contribution is -2.30. The van der Waals surface area contributed by atoms with Gasteiger partial charge in [-0.05, 0) is 43.4 Å². The molecule has 0 heterocycles. The number of phosphoric acid groups is 2. The van der Waals surface area contributed by atoms with Gasteiger partial charge in [-0.25, -0.2) is 9.13 Å². The minimum absolute atomic E-state index is 0.106. The van der Waals surface area contributed by atoms with E-state index < -0.39 is 97.5 Å². The predicted octanol–water partition coefficient (Wildman–Crippen LogP) is 20.6. The lowest BCUT2D eigenvalue weighted by molar-refractivity contribution is -0.161. The summed E-state index contributed by atoms with van der Waals surface area (Å²) < 4.78 is 68.3. The smallest absolute Gasteiger partial charge is 0.462 e. The Morgan fingerprint density at radius 1 is 0.319 bits per heavy atom. The molecule has 3 N–H and O–H groups in total. The van der Waals surface area contributed by atoms with Crippen molar-refractivity contribution in [3.05, 3.63) is 0 Å². The average Bonchev–Trinajstić information content (AvgIpc) is 3.67. The van der Waals surface area contributed by atoms with Crippen LogP contribution in [0.1, 0.15) is 363 Å². The number of hydrogen-bond acceptors (Lipinski definition) is 15. The van der Waals surface area contributed by atoms with E-state index in [4.69, 9.17) is 37.0 Å². The SMILES string of the molecule is CCCCCCCCCCCCCC(=O)O[C@H](COC(=O)CCCCCCCCCC(C)C)COP(=O)(O)OC[C@H](O)COP(=O)(O)OC[C@@H](COC(=O)CCCCCCCCCCC(C)CC)OC(=O)CCCCCCCCCCCCCCCCC(C)CC. The number of carbonyl (C=O) groups is 4. The van der Waals surface area contributed by atoms with E-state index >= 15 is 0 Å². The quantitative estimate of drug-likeness (QED) is 0.0222. The third kappa shape index (κ3) is 63.9. The van der Waals surface area contributed by atoms with E-state index in [2.05, 4.69) is 48.5 Å². The molecule has 19 heteroatoms. The summed E-state index contributed by atoms with van der Waals surface area (Å²) in [6.45, 7) is 11.9. The molecule has 0 spiro atoms. The molecule has 0 saturated heterocycles. The van der Waals surface area contributed by atoms with Gasteiger partial charge in [-0.3, -0.25) is 37.3 Å². The number of ether oxygens (including phenoxy) is 4. The first-order valence-electron chi connectivity index (χ1n) is 37.4. The van der Waals surface area contributed by atoms with Crippen molar-refractivity contribution in [2.45, 2.75) is 381 Å². The Balaban J connectivity index is 5.24. The molecule has 0 aromatic rings. The fourth-order valence-corrected chi connectivity index (χ4v) is 12.4. The van der Waals surface area contributed by atoms with Gasteiger partial charge in [0.25, 0.3) is 0 Å². The first-order chi connectivity index (χ1) is 43.8. The van der Waals surface area contributed by atoms with Crippen molar-refractivity contribution in [2.75, 3.05) is 39.6 Å². The molecule has 0 aromatic heterocycles. The topological polar surface area (TPSA) is 237 Å². The number of unbranched alkanes of at least 4 members (excludes halogenated alkanes) is 36. The molecule has 0 saturated carbocycles. The molecule has 0 radical (unpaired) electrons. The van der Waals surface area contributed by atoms with Crippen molar-refractivity contribution in [3.63, 3.8) is 0 Å². The van der Waals surface area contributed by atoms with Gasteiger partial charge in [-0.2, -0.15) is 0 Å². The first-order valence-corrected chi connectivity index (χ1v) is 40.4. The van der Waals surface area contributed by atoms with Crippen molar-refractivity contribution in [1.82, 2.24) is 0 Å². The summed E-state index contributed by atoms with van der Waals surface area (Å²) in [4.78, 5) is 72.6. The lowest BCUT2D eigenvalue weighted by Gasteiger charge is -2.21. The highest BCUT2D eigenvalue weighted by Gasteiger charge is 2.30. The largest absolute Gasteiger partial charge is 0.472 e. The number of carbonyl (C=O) groups excluding carboxylic acids is 4. The van der Waals surface area contributed by atoms with E-state index in [1.54, 1.807) is 0 Å². The van der Waals surface area contributed by atoms with Gasteiger partial charge in [0.2, 0.25) is 0 Å². The van der Waals surface area contributed by atoms with E-state index in [0.717, 1.165) is 108 Å². The van der Waals surface area contributed by atoms with Crippen molar-refractivity contribution >= 4 is 39.5 Å². The zero-order valence-corrected chi connectivity index (χ0v) is 61.1. The molecular weight excluding hydrogens is 1200 g/mol. The number of aliphatic hydroxyl groups is 1. The number of hydrogen-bond donors (Lipinski definition) is 3. The van der Waals surface area contributed by atoms with Gasteiger partial charge in [0, 0.05) is 25.7 Å². The number of rotatable bonds is 70. The standard InChI is InChI=1S/C72H140O17P2/c1-8-11-12-13-14-15-20-24-33-41-48-55-71(76)89-68(60-83-70(75)54-47-40-35-28-29-36-43-50-63(4)5)62-87-91(80,81)85-58-66(73)57-84-90(78,79)86-61-67(59-82-69(74)53-46-39-32-27-26-31-38-45-52-65(7)10-3)88-72(77)56-49-42-34-25-22-19-17-16-18-21-23-30-37-44-51-64(6)9-2/h63-68,73H,8-62H2,1-7H3,(H,78,79)(H,80,81)/t64?,65?,66-,67-,68-/m1/s1. The van der Waals surface area contributed by atoms with Crippen LogP contribution in [0.3, 0.4) is 0 Å². The second kappa shape index (κ2) is 62.8. The van der Waals surface area contributed by atoms with Crippen LogP contribution in [0, 0.1) is 17.8 Å². The van der Waals surface area contributed by atoms with Crippen molar-refractivity contribution in [2.24, 2.45) is 17.8 Å². The molecule has 4 unspecified atom stereocenters. The Labute approximate surface area is 556 Å². The van der Waals surface area contributed by atoms with Crippen molar-refractivity contribution < 1.29 is 80.2 Å². The van der Waals surface area contributed by atoms with Gasteiger partial charge in [0.05, 0.1) is 26.4 Å². The van der Waals surface area contributed by atoms with Crippen LogP contribution in [0.4, 0.5) is 0 Å². The summed E-state index contributed by atoms with van der Waals surface area (Å²) in [5, 5.41) is 10.6. The van der Waals surface area contributed by atoms with Crippen LogP contribution in [0.25, 0.3) is 0 Å². The van der Waals surface area contributed by atoms with E-state index in [1.807, 2.05) is 0 Å². The maximum absolute atomic E-state index is 13.0. The van der Waals surface area contributed by atoms with E-state index in [9.17, 15) is 43.2 Å². The highest BCUT2D eigenvalue weighted by molar-refractivity contribution is 7.47. The van der Waals surface area contributed by atoms with Crippen LogP contribution >= 0.6 is 15.6 Å². The molecule has 0 fully saturated rings. The molecule has 0 aliphatic rings. The molecule has 0 aliphatic heterocycles. The summed E-state index contributed by atoms with van der Waals surface area (Å²) in [6.07, 6.45) is 47.1. The van der Waals surface area contributed by atoms with Gasteiger partial charge < -0.3 is 33.8 Å². The number of esters is 4. The molecule has 17 nitrogen and oxygen atoms in total. The molecule has 0 bridgehead atoms. The minimum Gasteiger partial charge on any atom is -0.462 e. The zero-order valence-electron chi connectivity index (χ0n) is 59.3. The molecule has 7 atom stereocenters. The Morgan fingerprint density at radius 2 is 0.560 bits per heavy atom. The normalized spacial score (nSPS) is 14.8. The molecule has 0 amide bonds. The maximum Gasteiger partial charge on any atom is 0.472 e. The monoisotopic (exact) mass is 1340 g/mol. The van der Waals surface area contributed by atoms with Crippen LogP contribution in [0.2, 0.25) is 0 Å². The van der Waals surface area contributed by atoms with Crippen LogP contribution in [0.5, 0.6) is 0 Å². The van der Waals surface area contributed by atoms with Gasteiger partial charge in [-0.15, -0.1) is 0 Å². The number of phosphoric ester groups is 2. The van der Waals surface area contributed by atoms with Gasteiger partial charge in [0.15, 0.2) is 12.2 Å². The van der Waals surface area contributed by atoms with Gasteiger partial charge in [-0.1, -0.05) is 312 Å². The van der Waals surface area contributed by atoms with Crippen molar-refractivity contribution in [1.29, 1.82) is 0 Å². The lowest BCUT2D eigenvalue weighted by atomic mass is 9.99. The van der Waals surface area contributed by atoms with Crippen LogP contribution in [-0.4, -0.2) is 96.7 Å². The van der Waals surface area contributed by atoms with E-state index in [-0.39, 0.29) is 25.7 Å². The van der Waals surface area contributed by atoms with Crippen LogP contribution in [-0.2, 0) is 65.4 Å². The second-order valence-electron chi connectivity index (χ2n) is 26.9. The predicted molar refractivity (Wildman–Crippen MR) is 368 cm³/mol. The molecule has 0 aliphatic carbocycles. The van der Waals surface area contributed by atoms with Crippen molar-refractivity contribution in [3.8, 4) is 0 Å². The Bertz CT molecular complexity index is 1790. The minimum atomic E-state index is -4.95. The summed E-state index contributed by atoms with van der Waals surface area (Å²) in [5.74, 6) is 0.205. The number of aliphatic hydroxyl groups excluding tert-OH is 1. The molecule has 0 rings (SSSR count). The summed E-state index contributed by atoms with van der Waals surface area (Å²) >= 11 is 0. The second-order valence-corrected chi connectivity index (χ2v) is 29.8.